The Bertz CT molecular complexity index is 1210. The fourth-order valence-electron chi connectivity index (χ4n) is 4.51. The molecule has 36 heavy (non-hydrogen) atoms. The van der Waals surface area contributed by atoms with E-state index in [9.17, 15) is 18.0 Å². The molecule has 1 N–H and O–H groups in total. The number of anilines is 1. The van der Waals surface area contributed by atoms with Gasteiger partial charge in [0, 0.05) is 28.2 Å². The second kappa shape index (κ2) is 11.8. The number of nitrogens with zero attached hydrogens (tertiary/aromatic N) is 2. The van der Waals surface area contributed by atoms with Crippen LogP contribution in [0.5, 0.6) is 0 Å². The van der Waals surface area contributed by atoms with Gasteiger partial charge in [-0.2, -0.15) is 0 Å². The van der Waals surface area contributed by atoms with Gasteiger partial charge in [-0.3, -0.25) is 13.9 Å². The molecule has 0 saturated heterocycles. The predicted molar refractivity (Wildman–Crippen MR) is 145 cm³/mol. The Morgan fingerprint density at radius 1 is 1.08 bits per heavy atom. The van der Waals surface area contributed by atoms with Crippen LogP contribution in [-0.2, 0) is 26.2 Å². The molecule has 10 heteroatoms. The van der Waals surface area contributed by atoms with Crippen LogP contribution in [-0.4, -0.2) is 50.0 Å². The van der Waals surface area contributed by atoms with E-state index in [1.54, 1.807) is 44.2 Å². The maximum Gasteiger partial charge on any atom is 0.244 e. The van der Waals surface area contributed by atoms with E-state index in [1.807, 2.05) is 13.0 Å². The summed E-state index contributed by atoms with van der Waals surface area (Å²) in [4.78, 5) is 28.2. The maximum absolute atomic E-state index is 13.7. The van der Waals surface area contributed by atoms with Crippen LogP contribution in [0.3, 0.4) is 0 Å². The van der Waals surface area contributed by atoms with E-state index in [0.717, 1.165) is 47.4 Å². The smallest absolute Gasteiger partial charge is 0.244 e. The van der Waals surface area contributed by atoms with Gasteiger partial charge in [-0.25, -0.2) is 8.42 Å². The molecular weight excluding hydrogens is 521 g/mol. The molecule has 1 fully saturated rings. The number of aryl methyl sites for hydroxylation is 2. The van der Waals surface area contributed by atoms with Crippen molar-refractivity contribution in [1.82, 2.24) is 10.2 Å². The van der Waals surface area contributed by atoms with E-state index in [2.05, 4.69) is 5.32 Å². The van der Waals surface area contributed by atoms with Crippen molar-refractivity contribution >= 4 is 50.7 Å². The lowest BCUT2D eigenvalue weighted by atomic mass is 10.1. The quantitative estimate of drug-likeness (QED) is 0.480. The zero-order valence-corrected chi connectivity index (χ0v) is 23.4. The largest absolute Gasteiger partial charge is 0.352 e. The molecule has 0 heterocycles. The number of rotatable bonds is 9. The molecule has 0 radical (unpaired) electrons. The molecule has 7 nitrogen and oxygen atoms in total. The Morgan fingerprint density at radius 2 is 1.69 bits per heavy atom. The Hall–Kier alpha value is -2.29. The SMILES string of the molecule is Cc1ccc(N(CC(=O)N(Cc2c(Cl)cccc2Cl)C(C)C(=O)NC2CCCC2)S(C)(=O)=O)c(C)c1. The maximum atomic E-state index is 13.7. The molecule has 196 valence electrons. The number of halogens is 2. The van der Waals surface area contributed by atoms with Crippen molar-refractivity contribution in [3.63, 3.8) is 0 Å². The van der Waals surface area contributed by atoms with E-state index in [-0.39, 0.29) is 18.5 Å². The van der Waals surface area contributed by atoms with E-state index < -0.39 is 28.5 Å². The molecule has 1 saturated carbocycles. The fraction of sp³-hybridized carbons (Fsp3) is 0.462. The minimum atomic E-state index is -3.80. The van der Waals surface area contributed by atoms with Gasteiger partial charge < -0.3 is 10.2 Å². The van der Waals surface area contributed by atoms with Crippen molar-refractivity contribution in [1.29, 1.82) is 0 Å². The Balaban J connectivity index is 1.95. The summed E-state index contributed by atoms with van der Waals surface area (Å²) in [5, 5.41) is 3.75. The van der Waals surface area contributed by atoms with E-state index in [4.69, 9.17) is 23.2 Å². The molecule has 3 rings (SSSR count). The predicted octanol–water partition coefficient (Wildman–Crippen LogP) is 4.85. The molecule has 0 bridgehead atoms. The highest BCUT2D eigenvalue weighted by Crippen LogP contribution is 2.28. The summed E-state index contributed by atoms with van der Waals surface area (Å²) in [6.07, 6.45) is 4.96. The highest BCUT2D eigenvalue weighted by molar-refractivity contribution is 7.92. The van der Waals surface area contributed by atoms with Crippen LogP contribution in [0.1, 0.15) is 49.3 Å². The summed E-state index contributed by atoms with van der Waals surface area (Å²) in [6.45, 7) is 4.83. The van der Waals surface area contributed by atoms with Gasteiger partial charge in [-0.05, 0) is 57.4 Å². The van der Waals surface area contributed by atoms with Gasteiger partial charge in [-0.15, -0.1) is 0 Å². The van der Waals surface area contributed by atoms with Crippen molar-refractivity contribution in [3.05, 3.63) is 63.1 Å². The average molecular weight is 555 g/mol. The van der Waals surface area contributed by atoms with Gasteiger partial charge in [0.2, 0.25) is 21.8 Å². The zero-order valence-electron chi connectivity index (χ0n) is 21.1. The molecule has 1 aliphatic rings. The fourth-order valence-corrected chi connectivity index (χ4v) is 5.93. The molecule has 0 aliphatic heterocycles. The Labute approximate surface area is 223 Å². The number of sulfonamides is 1. The number of amides is 2. The topological polar surface area (TPSA) is 86.8 Å². The molecule has 2 aromatic rings. The van der Waals surface area contributed by atoms with E-state index >= 15 is 0 Å². The van der Waals surface area contributed by atoms with Crippen molar-refractivity contribution in [2.24, 2.45) is 0 Å². The molecule has 2 amide bonds. The number of carbonyl (C=O) groups is 2. The van der Waals surface area contributed by atoms with Gasteiger partial charge in [0.05, 0.1) is 11.9 Å². The number of benzene rings is 2. The molecule has 2 aromatic carbocycles. The number of hydrogen-bond acceptors (Lipinski definition) is 4. The highest BCUT2D eigenvalue weighted by Gasteiger charge is 2.32. The number of nitrogens with one attached hydrogen (secondary N) is 1. The van der Waals surface area contributed by atoms with Gasteiger partial charge in [-0.1, -0.05) is 59.8 Å². The second-order valence-electron chi connectivity index (χ2n) is 9.45. The van der Waals surface area contributed by atoms with Gasteiger partial charge in [0.15, 0.2) is 0 Å². The normalized spacial score (nSPS) is 14.9. The first kappa shape index (κ1) is 28.3. The lowest BCUT2D eigenvalue weighted by molar-refractivity contribution is -0.139. The monoisotopic (exact) mass is 553 g/mol. The molecule has 1 unspecified atom stereocenters. The first-order chi connectivity index (χ1) is 16.9. The summed E-state index contributed by atoms with van der Waals surface area (Å²) >= 11 is 12.8. The van der Waals surface area contributed by atoms with E-state index in [0.29, 0.717) is 21.3 Å². The van der Waals surface area contributed by atoms with Crippen LogP contribution in [0.15, 0.2) is 36.4 Å². The molecule has 1 atom stereocenters. The third-order valence-electron chi connectivity index (χ3n) is 6.56. The number of carbonyl (C=O) groups excluding carboxylic acids is 2. The van der Waals surface area contributed by atoms with Crippen molar-refractivity contribution in [3.8, 4) is 0 Å². The Kier molecular flexibility index (Phi) is 9.30. The van der Waals surface area contributed by atoms with Gasteiger partial charge in [0.25, 0.3) is 0 Å². The summed E-state index contributed by atoms with van der Waals surface area (Å²) in [6, 6.07) is 9.56. The summed E-state index contributed by atoms with van der Waals surface area (Å²) in [5.41, 5.74) is 2.60. The van der Waals surface area contributed by atoms with Crippen molar-refractivity contribution < 1.29 is 18.0 Å². The molecule has 0 aromatic heterocycles. The van der Waals surface area contributed by atoms with Crippen molar-refractivity contribution in [2.75, 3.05) is 17.1 Å². The minimum absolute atomic E-state index is 0.0406. The number of hydrogen-bond donors (Lipinski definition) is 1. The summed E-state index contributed by atoms with van der Waals surface area (Å²) < 4.78 is 26.6. The lowest BCUT2D eigenvalue weighted by Gasteiger charge is -2.32. The Morgan fingerprint density at radius 3 is 2.25 bits per heavy atom. The molecular formula is C26H33Cl2N3O4S. The van der Waals surface area contributed by atoms with Crippen LogP contribution < -0.4 is 9.62 Å². The second-order valence-corrected chi connectivity index (χ2v) is 12.2. The average Bonchev–Trinajstić information content (AvgIpc) is 3.29. The summed E-state index contributed by atoms with van der Waals surface area (Å²) in [7, 11) is -3.80. The third kappa shape index (κ3) is 6.93. The minimum Gasteiger partial charge on any atom is -0.352 e. The van der Waals surface area contributed by atoms with E-state index in [1.165, 1.54) is 4.90 Å². The van der Waals surface area contributed by atoms with Crippen LogP contribution in [0, 0.1) is 13.8 Å². The molecule has 1 aliphatic carbocycles. The van der Waals surface area contributed by atoms with Gasteiger partial charge >= 0.3 is 0 Å². The van der Waals surface area contributed by atoms with Crippen molar-refractivity contribution in [2.45, 2.75) is 65.1 Å². The van der Waals surface area contributed by atoms with Crippen LogP contribution in [0.4, 0.5) is 5.69 Å². The van der Waals surface area contributed by atoms with Crippen LogP contribution in [0.2, 0.25) is 10.0 Å². The highest BCUT2D eigenvalue weighted by atomic mass is 35.5. The third-order valence-corrected chi connectivity index (χ3v) is 8.39. The van der Waals surface area contributed by atoms with Crippen LogP contribution >= 0.6 is 23.2 Å². The van der Waals surface area contributed by atoms with Gasteiger partial charge in [0.1, 0.15) is 12.6 Å². The standard InChI is InChI=1S/C26H33Cl2N3O4S/c1-17-12-13-24(18(2)14-17)31(36(4,34)35)16-25(32)30(15-21-22(27)10-7-11-23(21)28)19(3)26(33)29-20-8-5-6-9-20/h7,10-14,19-20H,5-6,8-9,15-16H2,1-4H3,(H,29,33). The lowest BCUT2D eigenvalue weighted by Crippen LogP contribution is -2.52. The van der Waals surface area contributed by atoms with Crippen LogP contribution in [0.25, 0.3) is 0 Å². The first-order valence-electron chi connectivity index (χ1n) is 12.0. The first-order valence-corrected chi connectivity index (χ1v) is 14.6. The summed E-state index contributed by atoms with van der Waals surface area (Å²) in [5.74, 6) is -0.832. The molecule has 0 spiro atoms. The zero-order chi connectivity index (χ0) is 26.6.